The van der Waals surface area contributed by atoms with Crippen molar-refractivity contribution in [3.8, 4) is 0 Å². The summed E-state index contributed by atoms with van der Waals surface area (Å²) in [4.78, 5) is 0. The maximum atomic E-state index is 4.27. The van der Waals surface area contributed by atoms with E-state index in [9.17, 15) is 0 Å². The smallest absolute Gasteiger partial charge is 0.00978 e. The van der Waals surface area contributed by atoms with Crippen molar-refractivity contribution in [3.05, 3.63) is 34.4 Å². The molecule has 0 fully saturated rings. The lowest BCUT2D eigenvalue weighted by Crippen LogP contribution is -2.12. The summed E-state index contributed by atoms with van der Waals surface area (Å²) in [6, 6.07) is 4.73. The van der Waals surface area contributed by atoms with Crippen LogP contribution in [0.15, 0.2) is 12.1 Å². The molecule has 0 aliphatic heterocycles. The first kappa shape index (κ1) is 14.6. The Hall–Kier alpha value is -0.430. The zero-order chi connectivity index (χ0) is 13.1. The van der Waals surface area contributed by atoms with E-state index in [2.05, 4.69) is 59.4 Å². The molecule has 0 unspecified atom stereocenters. The molecule has 17 heavy (non-hydrogen) atoms. The number of benzene rings is 1. The van der Waals surface area contributed by atoms with E-state index in [-0.39, 0.29) is 5.41 Å². The van der Waals surface area contributed by atoms with Crippen molar-refractivity contribution in [1.29, 1.82) is 0 Å². The summed E-state index contributed by atoms with van der Waals surface area (Å²) < 4.78 is 0. The van der Waals surface area contributed by atoms with Crippen LogP contribution in [-0.4, -0.2) is 5.75 Å². The Morgan fingerprint density at radius 3 is 1.94 bits per heavy atom. The van der Waals surface area contributed by atoms with Gasteiger partial charge < -0.3 is 0 Å². The van der Waals surface area contributed by atoms with Gasteiger partial charge in [0, 0.05) is 0 Å². The normalized spacial score (nSPS) is 11.9. The Labute approximate surface area is 112 Å². The van der Waals surface area contributed by atoms with Crippen LogP contribution in [-0.2, 0) is 11.8 Å². The molecule has 0 nitrogen and oxygen atoms in total. The standard InChI is InChI=1S/C16H26S/c1-12-10-14(16(3,4)5)11-13(2)15(12)8-6-7-9-17/h10-11,17H,6-9H2,1-5H3. The molecule has 0 amide bonds. The highest BCUT2D eigenvalue weighted by atomic mass is 32.1. The highest BCUT2D eigenvalue weighted by Crippen LogP contribution is 2.27. The molecule has 0 N–H and O–H groups in total. The first-order valence-corrected chi connectivity index (χ1v) is 7.21. The Bertz CT molecular complexity index is 349. The molecular formula is C16H26S. The monoisotopic (exact) mass is 250 g/mol. The summed E-state index contributed by atoms with van der Waals surface area (Å²) in [6.45, 7) is 11.3. The molecule has 0 aliphatic carbocycles. The summed E-state index contributed by atoms with van der Waals surface area (Å²) >= 11 is 4.27. The third-order valence-corrected chi connectivity index (χ3v) is 3.71. The molecule has 0 atom stereocenters. The largest absolute Gasteiger partial charge is 0.179 e. The number of hydrogen-bond donors (Lipinski definition) is 1. The Balaban J connectivity index is 2.95. The van der Waals surface area contributed by atoms with E-state index in [0.29, 0.717) is 0 Å². The van der Waals surface area contributed by atoms with Gasteiger partial charge in [0.05, 0.1) is 0 Å². The zero-order valence-electron chi connectivity index (χ0n) is 11.9. The average Bonchev–Trinajstić information content (AvgIpc) is 2.20. The van der Waals surface area contributed by atoms with Gasteiger partial charge in [-0.05, 0) is 66.5 Å². The summed E-state index contributed by atoms with van der Waals surface area (Å²) in [5.41, 5.74) is 6.15. The van der Waals surface area contributed by atoms with E-state index in [1.165, 1.54) is 36.0 Å². The number of aryl methyl sites for hydroxylation is 2. The van der Waals surface area contributed by atoms with Crippen LogP contribution in [0.25, 0.3) is 0 Å². The van der Waals surface area contributed by atoms with Crippen LogP contribution >= 0.6 is 12.6 Å². The molecule has 1 heteroatoms. The van der Waals surface area contributed by atoms with E-state index < -0.39 is 0 Å². The summed E-state index contributed by atoms with van der Waals surface area (Å²) in [5, 5.41) is 0. The van der Waals surface area contributed by atoms with Gasteiger partial charge in [-0.25, -0.2) is 0 Å². The SMILES string of the molecule is Cc1cc(C(C)(C)C)cc(C)c1CCCCS. The number of rotatable bonds is 4. The second kappa shape index (κ2) is 5.95. The third-order valence-electron chi connectivity index (χ3n) is 3.40. The van der Waals surface area contributed by atoms with Crippen molar-refractivity contribution in [1.82, 2.24) is 0 Å². The van der Waals surface area contributed by atoms with Gasteiger partial charge >= 0.3 is 0 Å². The van der Waals surface area contributed by atoms with Gasteiger partial charge in [0.2, 0.25) is 0 Å². The second-order valence-corrected chi connectivity index (χ2v) is 6.47. The highest BCUT2D eigenvalue weighted by molar-refractivity contribution is 7.80. The van der Waals surface area contributed by atoms with Crippen molar-refractivity contribution in [2.24, 2.45) is 0 Å². The maximum Gasteiger partial charge on any atom is -0.00978 e. The fourth-order valence-electron chi connectivity index (χ4n) is 2.23. The van der Waals surface area contributed by atoms with Crippen LogP contribution in [0.5, 0.6) is 0 Å². The maximum absolute atomic E-state index is 4.27. The molecule has 0 aliphatic rings. The summed E-state index contributed by atoms with van der Waals surface area (Å²) in [5.74, 6) is 0.998. The van der Waals surface area contributed by atoms with Crippen molar-refractivity contribution in [2.45, 2.75) is 59.3 Å². The van der Waals surface area contributed by atoms with Crippen LogP contribution in [0.3, 0.4) is 0 Å². The lowest BCUT2D eigenvalue weighted by molar-refractivity contribution is 0.588. The van der Waals surface area contributed by atoms with Gasteiger partial charge in [-0.15, -0.1) is 0 Å². The van der Waals surface area contributed by atoms with E-state index in [0.717, 1.165) is 5.75 Å². The predicted molar refractivity (Wildman–Crippen MR) is 81.4 cm³/mol. The topological polar surface area (TPSA) is 0 Å². The fourth-order valence-corrected chi connectivity index (χ4v) is 2.46. The van der Waals surface area contributed by atoms with Crippen molar-refractivity contribution >= 4 is 12.6 Å². The average molecular weight is 250 g/mol. The number of hydrogen-bond acceptors (Lipinski definition) is 1. The van der Waals surface area contributed by atoms with Crippen LogP contribution in [0.4, 0.5) is 0 Å². The minimum Gasteiger partial charge on any atom is -0.179 e. The predicted octanol–water partition coefficient (Wildman–Crippen LogP) is 4.85. The molecule has 0 aromatic heterocycles. The summed E-state index contributed by atoms with van der Waals surface area (Å²) in [6.07, 6.45) is 3.66. The van der Waals surface area contributed by atoms with Gasteiger partial charge in [0.1, 0.15) is 0 Å². The van der Waals surface area contributed by atoms with Gasteiger partial charge in [-0.2, -0.15) is 12.6 Å². The van der Waals surface area contributed by atoms with E-state index in [4.69, 9.17) is 0 Å². The van der Waals surface area contributed by atoms with Gasteiger partial charge in [-0.1, -0.05) is 32.9 Å². The number of thiol groups is 1. The Morgan fingerprint density at radius 2 is 1.53 bits per heavy atom. The summed E-state index contributed by atoms with van der Waals surface area (Å²) in [7, 11) is 0. The van der Waals surface area contributed by atoms with Gasteiger partial charge in [0.15, 0.2) is 0 Å². The van der Waals surface area contributed by atoms with E-state index in [1.54, 1.807) is 5.56 Å². The molecule has 1 aromatic rings. The van der Waals surface area contributed by atoms with Crippen molar-refractivity contribution in [2.75, 3.05) is 5.75 Å². The van der Waals surface area contributed by atoms with Crippen LogP contribution in [0.1, 0.15) is 55.9 Å². The Morgan fingerprint density at radius 1 is 1.00 bits per heavy atom. The molecule has 0 saturated heterocycles. The van der Waals surface area contributed by atoms with Gasteiger partial charge in [-0.3, -0.25) is 0 Å². The highest BCUT2D eigenvalue weighted by Gasteiger charge is 2.15. The molecule has 0 spiro atoms. The minimum atomic E-state index is 0.249. The molecule has 0 heterocycles. The third kappa shape index (κ3) is 4.06. The fraction of sp³-hybridized carbons (Fsp3) is 0.625. The molecule has 96 valence electrons. The number of unbranched alkanes of at least 4 members (excludes halogenated alkanes) is 1. The molecular weight excluding hydrogens is 224 g/mol. The minimum absolute atomic E-state index is 0.249. The molecule has 1 rings (SSSR count). The lowest BCUT2D eigenvalue weighted by atomic mass is 9.83. The first-order valence-electron chi connectivity index (χ1n) is 6.57. The molecule has 0 saturated carbocycles. The zero-order valence-corrected chi connectivity index (χ0v) is 12.8. The van der Waals surface area contributed by atoms with Crippen molar-refractivity contribution in [3.63, 3.8) is 0 Å². The first-order chi connectivity index (χ1) is 7.86. The Kier molecular flexibility index (Phi) is 5.12. The molecule has 0 radical (unpaired) electrons. The van der Waals surface area contributed by atoms with Crippen LogP contribution in [0, 0.1) is 13.8 Å². The van der Waals surface area contributed by atoms with Crippen molar-refractivity contribution < 1.29 is 0 Å². The van der Waals surface area contributed by atoms with Crippen LogP contribution in [0.2, 0.25) is 0 Å². The lowest BCUT2D eigenvalue weighted by Gasteiger charge is -2.22. The van der Waals surface area contributed by atoms with Crippen LogP contribution < -0.4 is 0 Å². The van der Waals surface area contributed by atoms with E-state index in [1.807, 2.05) is 0 Å². The molecule has 0 bridgehead atoms. The quantitative estimate of drug-likeness (QED) is 0.573. The second-order valence-electron chi connectivity index (χ2n) is 6.02. The van der Waals surface area contributed by atoms with Gasteiger partial charge in [0.25, 0.3) is 0 Å². The molecule has 1 aromatic carbocycles. The van der Waals surface area contributed by atoms with E-state index >= 15 is 0 Å².